The van der Waals surface area contributed by atoms with E-state index in [4.69, 9.17) is 9.47 Å². The Morgan fingerprint density at radius 2 is 1.96 bits per heavy atom. The minimum absolute atomic E-state index is 0.576. The van der Waals surface area contributed by atoms with Gasteiger partial charge in [-0.3, -0.25) is 4.99 Å². The van der Waals surface area contributed by atoms with Gasteiger partial charge in [0.05, 0.1) is 6.61 Å². The van der Waals surface area contributed by atoms with E-state index >= 15 is 0 Å². The Morgan fingerprint density at radius 1 is 1.12 bits per heavy atom. The van der Waals surface area contributed by atoms with Crippen molar-refractivity contribution in [2.75, 3.05) is 26.8 Å². The van der Waals surface area contributed by atoms with Crippen LogP contribution >= 0.6 is 0 Å². The molecule has 1 heterocycles. The molecule has 140 valence electrons. The number of rotatable bonds is 8. The van der Waals surface area contributed by atoms with Gasteiger partial charge in [-0.25, -0.2) is 4.98 Å². The molecule has 6 nitrogen and oxygen atoms in total. The van der Waals surface area contributed by atoms with E-state index < -0.39 is 0 Å². The van der Waals surface area contributed by atoms with E-state index in [1.807, 2.05) is 37.3 Å². The molecule has 2 N–H and O–H groups in total. The highest BCUT2D eigenvalue weighted by Crippen LogP contribution is 2.22. The number of nitrogens with zero attached hydrogens (tertiary/aromatic N) is 2. The Balaban J connectivity index is 1.90. The summed E-state index contributed by atoms with van der Waals surface area (Å²) in [6.45, 7) is 8.84. The van der Waals surface area contributed by atoms with E-state index in [1.165, 1.54) is 11.1 Å². The third-order valence-corrected chi connectivity index (χ3v) is 3.93. The van der Waals surface area contributed by atoms with Crippen LogP contribution in [0.5, 0.6) is 11.6 Å². The summed E-state index contributed by atoms with van der Waals surface area (Å²) >= 11 is 0. The third kappa shape index (κ3) is 6.37. The van der Waals surface area contributed by atoms with Crippen LogP contribution < -0.4 is 15.4 Å². The molecule has 0 saturated carbocycles. The maximum atomic E-state index is 5.88. The second kappa shape index (κ2) is 10.4. The molecule has 0 aliphatic rings. The van der Waals surface area contributed by atoms with E-state index in [0.717, 1.165) is 17.3 Å². The number of benzene rings is 1. The SMILES string of the molecule is CCOCCNC(=NC)NCc1ccnc(Oc2ccc(C)c(C)c2)c1. The molecule has 0 fully saturated rings. The summed E-state index contributed by atoms with van der Waals surface area (Å²) in [5.41, 5.74) is 3.50. The van der Waals surface area contributed by atoms with Crippen molar-refractivity contribution in [1.29, 1.82) is 0 Å². The predicted molar refractivity (Wildman–Crippen MR) is 105 cm³/mol. The minimum Gasteiger partial charge on any atom is -0.439 e. The summed E-state index contributed by atoms with van der Waals surface area (Å²) in [6.07, 6.45) is 1.75. The second-order valence-electron chi connectivity index (χ2n) is 5.90. The summed E-state index contributed by atoms with van der Waals surface area (Å²) in [5.74, 6) is 2.10. The van der Waals surface area contributed by atoms with Crippen molar-refractivity contribution in [3.8, 4) is 11.6 Å². The van der Waals surface area contributed by atoms with E-state index in [1.54, 1.807) is 13.2 Å². The molecule has 0 aliphatic carbocycles. The molecule has 1 aromatic carbocycles. The summed E-state index contributed by atoms with van der Waals surface area (Å²) in [6, 6.07) is 9.91. The number of aromatic nitrogens is 1. The number of nitrogens with one attached hydrogen (secondary N) is 2. The molecule has 0 spiro atoms. The highest BCUT2D eigenvalue weighted by molar-refractivity contribution is 5.79. The Bertz CT molecular complexity index is 732. The summed E-state index contributed by atoms with van der Waals surface area (Å²) in [4.78, 5) is 8.49. The number of ether oxygens (including phenoxy) is 2. The Morgan fingerprint density at radius 3 is 2.69 bits per heavy atom. The number of pyridine rings is 1. The van der Waals surface area contributed by atoms with Crippen LogP contribution in [0, 0.1) is 13.8 Å². The van der Waals surface area contributed by atoms with Crippen LogP contribution in [-0.2, 0) is 11.3 Å². The van der Waals surface area contributed by atoms with Crippen molar-refractivity contribution in [1.82, 2.24) is 15.6 Å². The lowest BCUT2D eigenvalue weighted by molar-refractivity contribution is 0.152. The van der Waals surface area contributed by atoms with Crippen LogP contribution in [-0.4, -0.2) is 37.7 Å². The fourth-order valence-corrected chi connectivity index (χ4v) is 2.31. The molecule has 0 amide bonds. The van der Waals surface area contributed by atoms with E-state index in [2.05, 4.69) is 34.5 Å². The van der Waals surface area contributed by atoms with Crippen molar-refractivity contribution in [3.63, 3.8) is 0 Å². The Labute approximate surface area is 155 Å². The normalized spacial score (nSPS) is 11.3. The van der Waals surface area contributed by atoms with Crippen LogP contribution in [0.2, 0.25) is 0 Å². The fourth-order valence-electron chi connectivity index (χ4n) is 2.31. The molecule has 0 radical (unpaired) electrons. The molecule has 2 rings (SSSR count). The minimum atomic E-state index is 0.576. The molecule has 0 bridgehead atoms. The number of aryl methyl sites for hydroxylation is 2. The van der Waals surface area contributed by atoms with Gasteiger partial charge < -0.3 is 20.1 Å². The molecule has 0 aliphatic heterocycles. The zero-order chi connectivity index (χ0) is 18.8. The van der Waals surface area contributed by atoms with Crippen LogP contribution in [0.4, 0.5) is 0 Å². The zero-order valence-corrected chi connectivity index (χ0v) is 16.0. The zero-order valence-electron chi connectivity index (χ0n) is 16.0. The van der Waals surface area contributed by atoms with Crippen molar-refractivity contribution < 1.29 is 9.47 Å². The lowest BCUT2D eigenvalue weighted by atomic mass is 10.1. The molecule has 0 unspecified atom stereocenters. The average molecular weight is 356 g/mol. The van der Waals surface area contributed by atoms with E-state index in [-0.39, 0.29) is 0 Å². The van der Waals surface area contributed by atoms with Gasteiger partial charge in [0.1, 0.15) is 5.75 Å². The summed E-state index contributed by atoms with van der Waals surface area (Å²) in [5, 5.41) is 6.48. The molecular formula is C20H28N4O2. The quantitative estimate of drug-likeness (QED) is 0.432. The van der Waals surface area contributed by atoms with Crippen LogP contribution in [0.25, 0.3) is 0 Å². The van der Waals surface area contributed by atoms with Gasteiger partial charge >= 0.3 is 0 Å². The van der Waals surface area contributed by atoms with Gasteiger partial charge in [-0.1, -0.05) is 6.07 Å². The topological polar surface area (TPSA) is 67.8 Å². The van der Waals surface area contributed by atoms with Gasteiger partial charge in [-0.2, -0.15) is 0 Å². The summed E-state index contributed by atoms with van der Waals surface area (Å²) in [7, 11) is 1.75. The lowest BCUT2D eigenvalue weighted by Gasteiger charge is -2.12. The Kier molecular flexibility index (Phi) is 7.89. The molecule has 26 heavy (non-hydrogen) atoms. The van der Waals surface area contributed by atoms with Crippen LogP contribution in [0.15, 0.2) is 41.5 Å². The number of guanidine groups is 1. The maximum Gasteiger partial charge on any atom is 0.219 e. The third-order valence-electron chi connectivity index (χ3n) is 3.93. The molecular weight excluding hydrogens is 328 g/mol. The first-order valence-corrected chi connectivity index (χ1v) is 8.84. The van der Waals surface area contributed by atoms with Gasteiger partial charge in [0.2, 0.25) is 5.88 Å². The number of hydrogen-bond donors (Lipinski definition) is 2. The van der Waals surface area contributed by atoms with Gasteiger partial charge in [0.25, 0.3) is 0 Å². The first-order chi connectivity index (χ1) is 12.6. The smallest absolute Gasteiger partial charge is 0.219 e. The molecule has 0 saturated heterocycles. The standard InChI is InChI=1S/C20H28N4O2/c1-5-25-11-10-23-20(21-4)24-14-17-8-9-22-19(13-17)26-18-7-6-15(2)16(3)12-18/h6-9,12-13H,5,10-11,14H2,1-4H3,(H2,21,23,24). The highest BCUT2D eigenvalue weighted by Gasteiger charge is 2.03. The van der Waals surface area contributed by atoms with Crippen LogP contribution in [0.3, 0.4) is 0 Å². The van der Waals surface area contributed by atoms with Crippen LogP contribution in [0.1, 0.15) is 23.6 Å². The number of hydrogen-bond acceptors (Lipinski definition) is 4. The maximum absolute atomic E-state index is 5.88. The number of aliphatic imine (C=N–C) groups is 1. The predicted octanol–water partition coefficient (Wildman–Crippen LogP) is 3.19. The molecule has 2 aromatic rings. The fraction of sp³-hybridized carbons (Fsp3) is 0.400. The van der Waals surface area contributed by atoms with E-state index in [0.29, 0.717) is 32.2 Å². The van der Waals surface area contributed by atoms with E-state index in [9.17, 15) is 0 Å². The van der Waals surface area contributed by atoms with Crippen molar-refractivity contribution >= 4 is 5.96 Å². The highest BCUT2D eigenvalue weighted by atomic mass is 16.5. The van der Waals surface area contributed by atoms with Crippen molar-refractivity contribution in [2.24, 2.45) is 4.99 Å². The van der Waals surface area contributed by atoms with Crippen molar-refractivity contribution in [3.05, 3.63) is 53.2 Å². The van der Waals surface area contributed by atoms with Gasteiger partial charge in [0, 0.05) is 39.0 Å². The molecule has 1 aromatic heterocycles. The van der Waals surface area contributed by atoms with Crippen molar-refractivity contribution in [2.45, 2.75) is 27.3 Å². The molecule has 0 atom stereocenters. The first-order valence-electron chi connectivity index (χ1n) is 8.84. The monoisotopic (exact) mass is 356 g/mol. The van der Waals surface area contributed by atoms with Gasteiger partial charge in [-0.15, -0.1) is 0 Å². The molecule has 6 heteroatoms. The summed E-state index contributed by atoms with van der Waals surface area (Å²) < 4.78 is 11.2. The van der Waals surface area contributed by atoms with Gasteiger partial charge in [-0.05, 0) is 55.7 Å². The first kappa shape index (κ1) is 19.7. The average Bonchev–Trinajstić information content (AvgIpc) is 2.64. The lowest BCUT2D eigenvalue weighted by Crippen LogP contribution is -2.38. The Hall–Kier alpha value is -2.60. The largest absolute Gasteiger partial charge is 0.439 e. The van der Waals surface area contributed by atoms with Gasteiger partial charge in [0.15, 0.2) is 5.96 Å². The second-order valence-corrected chi connectivity index (χ2v) is 5.90.